The van der Waals surface area contributed by atoms with Crippen LogP contribution in [0, 0.1) is 5.92 Å². The molecule has 2 aliphatic heterocycles. The zero-order chi connectivity index (χ0) is 12.2. The third-order valence-corrected chi connectivity index (χ3v) is 4.15. The van der Waals surface area contributed by atoms with Crippen molar-refractivity contribution < 1.29 is 0 Å². The summed E-state index contributed by atoms with van der Waals surface area (Å²) in [7, 11) is 0. The molecular weight excluding hydrogens is 222 g/mol. The first-order chi connectivity index (χ1) is 8.92. The molecule has 3 nitrogen and oxygen atoms in total. The van der Waals surface area contributed by atoms with Crippen molar-refractivity contribution in [1.82, 2.24) is 10.2 Å². The quantitative estimate of drug-likeness (QED) is 0.875. The van der Waals surface area contributed by atoms with Gasteiger partial charge in [-0.15, -0.1) is 0 Å². The first-order valence-corrected chi connectivity index (χ1v) is 7.15. The molecule has 2 aliphatic rings. The van der Waals surface area contributed by atoms with Crippen molar-refractivity contribution in [3.63, 3.8) is 0 Å². The minimum Gasteiger partial charge on any atom is -0.357 e. The van der Waals surface area contributed by atoms with Gasteiger partial charge >= 0.3 is 0 Å². The van der Waals surface area contributed by atoms with Gasteiger partial charge in [0.1, 0.15) is 0 Å². The van der Waals surface area contributed by atoms with Crippen LogP contribution in [-0.4, -0.2) is 44.3 Å². The second-order valence-corrected chi connectivity index (χ2v) is 5.51. The van der Waals surface area contributed by atoms with Gasteiger partial charge in [0.25, 0.3) is 0 Å². The topological polar surface area (TPSA) is 18.5 Å². The Kier molecular flexibility index (Phi) is 3.81. The molecule has 0 saturated carbocycles. The largest absolute Gasteiger partial charge is 0.357 e. The molecule has 3 rings (SSSR count). The van der Waals surface area contributed by atoms with E-state index in [1.807, 2.05) is 0 Å². The number of anilines is 1. The van der Waals surface area contributed by atoms with E-state index in [0.717, 1.165) is 12.6 Å². The molecule has 1 aromatic carbocycles. The van der Waals surface area contributed by atoms with Gasteiger partial charge in [-0.1, -0.05) is 18.2 Å². The molecule has 0 spiro atoms. The fourth-order valence-corrected chi connectivity index (χ4v) is 3.07. The Morgan fingerprint density at radius 2 is 1.83 bits per heavy atom. The lowest BCUT2D eigenvalue weighted by Gasteiger charge is -2.27. The number of piperidine rings is 1. The van der Waals surface area contributed by atoms with E-state index in [1.54, 1.807) is 0 Å². The van der Waals surface area contributed by atoms with E-state index in [2.05, 4.69) is 45.4 Å². The predicted octanol–water partition coefficient (Wildman–Crippen LogP) is 1.77. The van der Waals surface area contributed by atoms with E-state index in [4.69, 9.17) is 0 Å². The van der Waals surface area contributed by atoms with Gasteiger partial charge in [0, 0.05) is 25.3 Å². The van der Waals surface area contributed by atoms with Crippen LogP contribution >= 0.6 is 0 Å². The van der Waals surface area contributed by atoms with Crippen LogP contribution < -0.4 is 10.2 Å². The van der Waals surface area contributed by atoms with Crippen molar-refractivity contribution >= 4 is 5.69 Å². The summed E-state index contributed by atoms with van der Waals surface area (Å²) < 4.78 is 0. The third kappa shape index (κ3) is 2.85. The molecule has 0 bridgehead atoms. The average molecular weight is 245 g/mol. The van der Waals surface area contributed by atoms with Crippen molar-refractivity contribution in [2.75, 3.05) is 44.3 Å². The van der Waals surface area contributed by atoms with Gasteiger partial charge in [0.05, 0.1) is 6.67 Å². The molecule has 2 fully saturated rings. The van der Waals surface area contributed by atoms with E-state index in [0.29, 0.717) is 0 Å². The van der Waals surface area contributed by atoms with Gasteiger partial charge in [-0.25, -0.2) is 0 Å². The normalized spacial score (nSPS) is 22.6. The Balaban J connectivity index is 1.52. The molecule has 0 radical (unpaired) electrons. The molecule has 0 aliphatic carbocycles. The van der Waals surface area contributed by atoms with Crippen LogP contribution in [0.2, 0.25) is 0 Å². The molecule has 1 aromatic rings. The van der Waals surface area contributed by atoms with Gasteiger partial charge in [0.15, 0.2) is 0 Å². The number of hydrogen-bond donors (Lipinski definition) is 1. The van der Waals surface area contributed by atoms with Crippen molar-refractivity contribution in [1.29, 1.82) is 0 Å². The summed E-state index contributed by atoms with van der Waals surface area (Å²) in [6.07, 6.45) is 2.70. The molecule has 2 saturated heterocycles. The van der Waals surface area contributed by atoms with Crippen LogP contribution in [0.4, 0.5) is 5.69 Å². The molecular formula is C15H23N3. The van der Waals surface area contributed by atoms with Gasteiger partial charge in [-0.2, -0.15) is 0 Å². The number of nitrogens with one attached hydrogen (secondary N) is 1. The Morgan fingerprint density at radius 1 is 1.06 bits per heavy atom. The highest BCUT2D eigenvalue weighted by Crippen LogP contribution is 2.20. The van der Waals surface area contributed by atoms with E-state index in [-0.39, 0.29) is 0 Å². The summed E-state index contributed by atoms with van der Waals surface area (Å²) in [6, 6.07) is 10.8. The van der Waals surface area contributed by atoms with E-state index in [1.165, 1.54) is 51.3 Å². The molecule has 0 amide bonds. The molecule has 2 heterocycles. The van der Waals surface area contributed by atoms with Crippen molar-refractivity contribution in [3.05, 3.63) is 30.3 Å². The third-order valence-electron chi connectivity index (χ3n) is 4.15. The first-order valence-electron chi connectivity index (χ1n) is 7.15. The van der Waals surface area contributed by atoms with E-state index >= 15 is 0 Å². The van der Waals surface area contributed by atoms with Gasteiger partial charge in [-0.3, -0.25) is 4.90 Å². The summed E-state index contributed by atoms with van der Waals surface area (Å²) in [4.78, 5) is 5.10. The molecule has 98 valence electrons. The maximum absolute atomic E-state index is 3.45. The second kappa shape index (κ2) is 5.72. The SMILES string of the molecule is c1ccc(N2CCN(CC3CCNCC3)C2)cc1. The number of rotatable bonds is 3. The lowest BCUT2D eigenvalue weighted by atomic mass is 9.98. The highest BCUT2D eigenvalue weighted by molar-refractivity contribution is 5.46. The Bertz CT molecular complexity index is 359. The molecule has 1 N–H and O–H groups in total. The van der Waals surface area contributed by atoms with Crippen molar-refractivity contribution in [2.24, 2.45) is 5.92 Å². The monoisotopic (exact) mass is 245 g/mol. The lowest BCUT2D eigenvalue weighted by Crippen LogP contribution is -2.36. The number of benzene rings is 1. The lowest BCUT2D eigenvalue weighted by molar-refractivity contribution is 0.242. The van der Waals surface area contributed by atoms with Crippen LogP contribution in [-0.2, 0) is 0 Å². The molecule has 18 heavy (non-hydrogen) atoms. The minimum atomic E-state index is 0.905. The second-order valence-electron chi connectivity index (χ2n) is 5.51. The molecule has 3 heteroatoms. The molecule has 0 atom stereocenters. The molecule has 0 unspecified atom stereocenters. The minimum absolute atomic E-state index is 0.905. The van der Waals surface area contributed by atoms with Crippen molar-refractivity contribution in [2.45, 2.75) is 12.8 Å². The Morgan fingerprint density at radius 3 is 2.61 bits per heavy atom. The standard InChI is InChI=1S/C15H23N3/c1-2-4-15(5-3-1)18-11-10-17(13-18)12-14-6-8-16-9-7-14/h1-5,14,16H,6-13H2. The van der Waals surface area contributed by atoms with E-state index in [9.17, 15) is 0 Å². The summed E-state index contributed by atoms with van der Waals surface area (Å²) in [5.74, 6) is 0.905. The van der Waals surface area contributed by atoms with Crippen LogP contribution in [0.15, 0.2) is 30.3 Å². The van der Waals surface area contributed by atoms with Crippen molar-refractivity contribution in [3.8, 4) is 0 Å². The zero-order valence-electron chi connectivity index (χ0n) is 11.0. The average Bonchev–Trinajstić information content (AvgIpc) is 2.89. The highest BCUT2D eigenvalue weighted by atomic mass is 15.4. The summed E-state index contributed by atoms with van der Waals surface area (Å²) in [5, 5.41) is 3.45. The van der Waals surface area contributed by atoms with Crippen LogP contribution in [0.25, 0.3) is 0 Å². The Labute approximate surface area is 110 Å². The Hall–Kier alpha value is -1.06. The highest BCUT2D eigenvalue weighted by Gasteiger charge is 2.23. The van der Waals surface area contributed by atoms with E-state index < -0.39 is 0 Å². The summed E-state index contributed by atoms with van der Waals surface area (Å²) in [6.45, 7) is 7.20. The van der Waals surface area contributed by atoms with Gasteiger partial charge < -0.3 is 10.2 Å². The predicted molar refractivity (Wildman–Crippen MR) is 75.8 cm³/mol. The number of para-hydroxylation sites is 1. The fraction of sp³-hybridized carbons (Fsp3) is 0.600. The summed E-state index contributed by atoms with van der Waals surface area (Å²) in [5.41, 5.74) is 1.37. The fourth-order valence-electron chi connectivity index (χ4n) is 3.07. The number of hydrogen-bond acceptors (Lipinski definition) is 3. The number of nitrogens with zero attached hydrogens (tertiary/aromatic N) is 2. The van der Waals surface area contributed by atoms with Crippen LogP contribution in [0.1, 0.15) is 12.8 Å². The van der Waals surface area contributed by atoms with Crippen LogP contribution in [0.3, 0.4) is 0 Å². The van der Waals surface area contributed by atoms with Gasteiger partial charge in [-0.05, 0) is 44.0 Å². The maximum Gasteiger partial charge on any atom is 0.0708 e. The zero-order valence-corrected chi connectivity index (χ0v) is 11.0. The maximum atomic E-state index is 3.45. The van der Waals surface area contributed by atoms with Gasteiger partial charge in [0.2, 0.25) is 0 Å². The van der Waals surface area contributed by atoms with Crippen LogP contribution in [0.5, 0.6) is 0 Å². The first kappa shape index (κ1) is 12.0. The summed E-state index contributed by atoms with van der Waals surface area (Å²) >= 11 is 0. The smallest absolute Gasteiger partial charge is 0.0708 e. The molecule has 0 aromatic heterocycles.